The van der Waals surface area contributed by atoms with E-state index in [4.69, 9.17) is 5.26 Å². The topological polar surface area (TPSA) is 56.1 Å². The van der Waals surface area contributed by atoms with Crippen molar-refractivity contribution in [1.29, 1.82) is 5.26 Å². The molecule has 22 heavy (non-hydrogen) atoms. The summed E-state index contributed by atoms with van der Waals surface area (Å²) in [5.74, 6) is 0.922. The maximum absolute atomic E-state index is 12.5. The number of nitriles is 1. The lowest BCUT2D eigenvalue weighted by Gasteiger charge is -2.23. The molecule has 0 spiro atoms. The van der Waals surface area contributed by atoms with Gasteiger partial charge in [0.2, 0.25) is 5.91 Å². The Bertz CT molecular complexity index is 557. The zero-order valence-corrected chi connectivity index (χ0v) is 13.4. The molecule has 0 bridgehead atoms. The Balaban J connectivity index is 1.50. The molecule has 2 fully saturated rings. The molecule has 1 unspecified atom stereocenters. The molecule has 1 aromatic carbocycles. The van der Waals surface area contributed by atoms with E-state index < -0.39 is 0 Å². The first kappa shape index (κ1) is 15.4. The molecule has 1 amide bonds. The molecule has 5 heteroatoms. The highest BCUT2D eigenvalue weighted by atomic mass is 32.2. The van der Waals surface area contributed by atoms with Crippen LogP contribution in [0.2, 0.25) is 0 Å². The van der Waals surface area contributed by atoms with Crippen LogP contribution in [0.15, 0.2) is 30.3 Å². The lowest BCUT2D eigenvalue weighted by molar-refractivity contribution is -0.132. The van der Waals surface area contributed by atoms with Gasteiger partial charge in [-0.15, -0.1) is 11.8 Å². The highest BCUT2D eigenvalue weighted by Gasteiger charge is 2.36. The number of carbonyl (C=O) groups excluding carboxylic acids is 1. The molecule has 2 aliphatic rings. The van der Waals surface area contributed by atoms with Crippen LogP contribution in [-0.4, -0.2) is 40.6 Å². The van der Waals surface area contributed by atoms with E-state index in [0.29, 0.717) is 5.37 Å². The second-order valence-corrected chi connectivity index (χ2v) is 7.12. The van der Waals surface area contributed by atoms with Gasteiger partial charge in [0.05, 0.1) is 17.5 Å². The van der Waals surface area contributed by atoms with E-state index in [1.807, 2.05) is 17.8 Å². The molecule has 0 radical (unpaired) electrons. The summed E-state index contributed by atoms with van der Waals surface area (Å²) < 4.78 is 0. The summed E-state index contributed by atoms with van der Waals surface area (Å²) >= 11 is 1.82. The number of nitrogens with one attached hydrogen (secondary N) is 1. The maximum atomic E-state index is 12.5. The van der Waals surface area contributed by atoms with Crippen LogP contribution in [0.25, 0.3) is 0 Å². The van der Waals surface area contributed by atoms with E-state index in [1.54, 1.807) is 4.90 Å². The fourth-order valence-corrected chi connectivity index (χ4v) is 4.36. The molecule has 116 valence electrons. The SMILES string of the molecule is N#C[C@@H]1CCCN1C(=O)[C@@H]1CSC(CCc2ccccc2)N1. The van der Waals surface area contributed by atoms with Gasteiger partial charge in [0.15, 0.2) is 0 Å². The third kappa shape index (κ3) is 3.45. The van der Waals surface area contributed by atoms with Crippen LogP contribution < -0.4 is 5.32 Å². The Labute approximate surface area is 135 Å². The fourth-order valence-electron chi connectivity index (χ4n) is 3.15. The van der Waals surface area contributed by atoms with Crippen LogP contribution in [0.4, 0.5) is 0 Å². The van der Waals surface area contributed by atoms with Crippen LogP contribution in [0.5, 0.6) is 0 Å². The molecule has 3 rings (SSSR count). The third-order valence-corrected chi connectivity index (χ3v) is 5.67. The third-order valence-electron chi connectivity index (χ3n) is 4.37. The first-order valence-corrected chi connectivity index (χ1v) is 8.94. The predicted molar refractivity (Wildman–Crippen MR) is 88.3 cm³/mol. The van der Waals surface area contributed by atoms with Crippen molar-refractivity contribution < 1.29 is 4.79 Å². The van der Waals surface area contributed by atoms with Gasteiger partial charge in [-0.1, -0.05) is 30.3 Å². The van der Waals surface area contributed by atoms with Crippen LogP contribution in [-0.2, 0) is 11.2 Å². The largest absolute Gasteiger partial charge is 0.325 e. The second kappa shape index (κ2) is 7.17. The lowest BCUT2D eigenvalue weighted by atomic mass is 10.1. The zero-order chi connectivity index (χ0) is 15.4. The number of rotatable bonds is 4. The van der Waals surface area contributed by atoms with E-state index in [1.165, 1.54) is 5.56 Å². The number of likely N-dealkylation sites (tertiary alicyclic amines) is 1. The molecule has 2 heterocycles. The fraction of sp³-hybridized carbons (Fsp3) is 0.529. The van der Waals surface area contributed by atoms with E-state index in [-0.39, 0.29) is 18.0 Å². The van der Waals surface area contributed by atoms with E-state index in [9.17, 15) is 4.79 Å². The van der Waals surface area contributed by atoms with Gasteiger partial charge in [-0.3, -0.25) is 10.1 Å². The molecule has 0 aromatic heterocycles. The highest BCUT2D eigenvalue weighted by molar-refractivity contribution is 8.00. The second-order valence-electron chi connectivity index (χ2n) is 5.88. The van der Waals surface area contributed by atoms with Gasteiger partial charge >= 0.3 is 0 Å². The number of carbonyl (C=O) groups is 1. The van der Waals surface area contributed by atoms with Gasteiger partial charge in [-0.05, 0) is 31.2 Å². The van der Waals surface area contributed by atoms with Crippen LogP contribution >= 0.6 is 11.8 Å². The summed E-state index contributed by atoms with van der Waals surface area (Å²) in [7, 11) is 0. The van der Waals surface area contributed by atoms with Crippen molar-refractivity contribution in [3.63, 3.8) is 0 Å². The molecule has 1 N–H and O–H groups in total. The van der Waals surface area contributed by atoms with E-state index in [2.05, 4.69) is 35.7 Å². The minimum Gasteiger partial charge on any atom is -0.325 e. The summed E-state index contributed by atoms with van der Waals surface area (Å²) in [6.45, 7) is 0.731. The van der Waals surface area contributed by atoms with Crippen molar-refractivity contribution >= 4 is 17.7 Å². The molecular weight excluding hydrogens is 294 g/mol. The van der Waals surface area contributed by atoms with Crippen LogP contribution in [0, 0.1) is 11.3 Å². The number of aryl methyl sites for hydroxylation is 1. The molecular formula is C17H21N3OS. The molecule has 2 saturated heterocycles. The smallest absolute Gasteiger partial charge is 0.241 e. The molecule has 2 aliphatic heterocycles. The quantitative estimate of drug-likeness (QED) is 0.925. The Hall–Kier alpha value is -1.51. The Morgan fingerprint density at radius 1 is 1.41 bits per heavy atom. The van der Waals surface area contributed by atoms with Crippen molar-refractivity contribution in [2.75, 3.05) is 12.3 Å². The highest BCUT2D eigenvalue weighted by Crippen LogP contribution is 2.26. The van der Waals surface area contributed by atoms with Crippen molar-refractivity contribution in [2.45, 2.75) is 43.1 Å². The number of hydrogen-bond acceptors (Lipinski definition) is 4. The van der Waals surface area contributed by atoms with Crippen molar-refractivity contribution in [3.05, 3.63) is 35.9 Å². The van der Waals surface area contributed by atoms with Crippen molar-refractivity contribution in [3.8, 4) is 6.07 Å². The summed E-state index contributed by atoms with van der Waals surface area (Å²) in [5.41, 5.74) is 1.34. The number of hydrogen-bond donors (Lipinski definition) is 1. The van der Waals surface area contributed by atoms with E-state index in [0.717, 1.165) is 38.0 Å². The monoisotopic (exact) mass is 315 g/mol. The van der Waals surface area contributed by atoms with Crippen LogP contribution in [0.3, 0.4) is 0 Å². The summed E-state index contributed by atoms with van der Waals surface area (Å²) in [6.07, 6.45) is 3.82. The number of benzene rings is 1. The number of nitrogens with zero attached hydrogens (tertiary/aromatic N) is 2. The Morgan fingerprint density at radius 3 is 3.00 bits per heavy atom. The minimum atomic E-state index is -0.220. The number of amides is 1. The molecule has 0 aliphatic carbocycles. The van der Waals surface area contributed by atoms with Gasteiger partial charge in [-0.2, -0.15) is 5.26 Å². The average Bonchev–Trinajstić information content (AvgIpc) is 3.22. The summed E-state index contributed by atoms with van der Waals surface area (Å²) in [5, 5.41) is 12.9. The van der Waals surface area contributed by atoms with Gasteiger partial charge < -0.3 is 4.90 Å². The van der Waals surface area contributed by atoms with Gasteiger partial charge in [0.25, 0.3) is 0 Å². The molecule has 0 saturated carbocycles. The van der Waals surface area contributed by atoms with E-state index >= 15 is 0 Å². The van der Waals surface area contributed by atoms with Gasteiger partial charge in [0, 0.05) is 12.3 Å². The average molecular weight is 315 g/mol. The maximum Gasteiger partial charge on any atom is 0.241 e. The summed E-state index contributed by atoms with van der Waals surface area (Å²) in [6, 6.07) is 12.3. The molecule has 4 nitrogen and oxygen atoms in total. The zero-order valence-electron chi connectivity index (χ0n) is 12.6. The number of thioether (sulfide) groups is 1. The van der Waals surface area contributed by atoms with Crippen LogP contribution in [0.1, 0.15) is 24.8 Å². The standard InChI is InChI=1S/C17H21N3OS/c18-11-14-7-4-10-20(14)17(21)15-12-22-16(19-15)9-8-13-5-2-1-3-6-13/h1-3,5-6,14-16,19H,4,7-10,12H2/t14-,15-,16?/m0/s1. The normalized spacial score (nSPS) is 27.8. The van der Waals surface area contributed by atoms with Crippen molar-refractivity contribution in [1.82, 2.24) is 10.2 Å². The summed E-state index contributed by atoms with van der Waals surface area (Å²) in [4.78, 5) is 14.3. The molecule has 3 atom stereocenters. The molecule has 1 aromatic rings. The van der Waals surface area contributed by atoms with Gasteiger partial charge in [0.1, 0.15) is 6.04 Å². The first-order valence-electron chi connectivity index (χ1n) is 7.89. The minimum absolute atomic E-state index is 0.110. The Morgan fingerprint density at radius 2 is 2.23 bits per heavy atom. The van der Waals surface area contributed by atoms with Gasteiger partial charge in [-0.25, -0.2) is 0 Å². The predicted octanol–water partition coefficient (Wildman–Crippen LogP) is 2.16. The first-order chi connectivity index (χ1) is 10.8. The Kier molecular flexibility index (Phi) is 5.01. The van der Waals surface area contributed by atoms with Crippen molar-refractivity contribution in [2.24, 2.45) is 0 Å². The lowest BCUT2D eigenvalue weighted by Crippen LogP contribution is -2.47.